The maximum atomic E-state index is 12.8. The first kappa shape index (κ1) is 23.7. The molecule has 0 spiro atoms. The minimum atomic E-state index is -0.0834. The van der Waals surface area contributed by atoms with E-state index >= 15 is 0 Å². The largest absolute Gasteiger partial charge is 0.370 e. The fourth-order valence-electron chi connectivity index (χ4n) is 4.35. The summed E-state index contributed by atoms with van der Waals surface area (Å²) in [5.74, 6) is 1.06. The van der Waals surface area contributed by atoms with E-state index in [0.29, 0.717) is 29.2 Å². The van der Waals surface area contributed by atoms with Crippen LogP contribution in [-0.4, -0.2) is 53.0 Å². The number of carbonyl (C=O) groups is 1. The molecule has 2 N–H and O–H groups in total. The highest BCUT2D eigenvalue weighted by atomic mass is 79.9. The van der Waals surface area contributed by atoms with E-state index in [1.165, 1.54) is 0 Å². The number of hydrogen-bond donors (Lipinski definition) is 2. The van der Waals surface area contributed by atoms with E-state index in [1.807, 2.05) is 59.5 Å². The van der Waals surface area contributed by atoms with Gasteiger partial charge in [-0.25, -0.2) is 9.78 Å². The van der Waals surface area contributed by atoms with Crippen molar-refractivity contribution in [3.63, 3.8) is 0 Å². The van der Waals surface area contributed by atoms with Crippen LogP contribution in [0.25, 0.3) is 16.9 Å². The molecular weight excluding hydrogens is 526 g/mol. The van der Waals surface area contributed by atoms with Crippen molar-refractivity contribution in [2.24, 2.45) is 5.92 Å². The van der Waals surface area contributed by atoms with Crippen molar-refractivity contribution >= 4 is 64.0 Å². The Hall–Kier alpha value is -3.04. The summed E-state index contributed by atoms with van der Waals surface area (Å²) >= 11 is 9.87. The maximum Gasteiger partial charge on any atom is 0.321 e. The Labute approximate surface area is 218 Å². The van der Waals surface area contributed by atoms with Crippen molar-refractivity contribution in [3.05, 3.63) is 70.3 Å². The number of nitrogens with one attached hydrogen (secondary N) is 2. The number of carbonyl (C=O) groups excluding carboxylic acids is 1. The zero-order valence-electron chi connectivity index (χ0n) is 18.9. The minimum Gasteiger partial charge on any atom is -0.370 e. The van der Waals surface area contributed by atoms with Gasteiger partial charge in [-0.15, -0.1) is 0 Å². The first-order chi connectivity index (χ1) is 17.0. The third kappa shape index (κ3) is 5.31. The number of halogens is 2. The number of piperidine rings is 1. The van der Waals surface area contributed by atoms with Crippen LogP contribution in [0.1, 0.15) is 12.8 Å². The van der Waals surface area contributed by atoms with Crippen molar-refractivity contribution in [1.29, 1.82) is 0 Å². The summed E-state index contributed by atoms with van der Waals surface area (Å²) in [4.78, 5) is 19.4. The zero-order valence-corrected chi connectivity index (χ0v) is 21.3. The average Bonchev–Trinajstić information content (AvgIpc) is 3.24. The third-order valence-corrected chi connectivity index (χ3v) is 6.93. The molecule has 1 saturated heterocycles. The van der Waals surface area contributed by atoms with Gasteiger partial charge in [0, 0.05) is 52.6 Å². The highest BCUT2D eigenvalue weighted by Crippen LogP contribution is 2.28. The molecule has 3 heterocycles. The smallest absolute Gasteiger partial charge is 0.321 e. The lowest BCUT2D eigenvalue weighted by molar-refractivity contribution is 0.180. The molecule has 2 radical (unpaired) electrons. The van der Waals surface area contributed by atoms with E-state index in [1.54, 1.807) is 10.7 Å². The van der Waals surface area contributed by atoms with E-state index in [0.717, 1.165) is 46.6 Å². The minimum absolute atomic E-state index is 0.0834. The Morgan fingerprint density at radius 2 is 2.06 bits per heavy atom. The normalized spacial score (nSPS) is 15.8. The molecule has 2 aromatic heterocycles. The molecule has 1 atom stereocenters. The summed E-state index contributed by atoms with van der Waals surface area (Å²) in [5.41, 5.74) is 3.38. The number of nitrogens with zero attached hydrogens (tertiary/aromatic N) is 4. The molecule has 5 rings (SSSR count). The fraction of sp³-hybridized carbons (Fsp3) is 0.240. The zero-order chi connectivity index (χ0) is 24.4. The van der Waals surface area contributed by atoms with Gasteiger partial charge in [0.1, 0.15) is 13.7 Å². The monoisotopic (exact) mass is 548 g/mol. The molecule has 4 aromatic rings. The lowest BCUT2D eigenvalue weighted by Gasteiger charge is -2.33. The molecule has 35 heavy (non-hydrogen) atoms. The topological polar surface area (TPSA) is 74.6 Å². The highest BCUT2D eigenvalue weighted by molar-refractivity contribution is 9.10. The Bertz CT molecular complexity index is 1380. The summed E-state index contributed by atoms with van der Waals surface area (Å²) in [6.07, 6.45) is 3.57. The van der Waals surface area contributed by atoms with Crippen LogP contribution in [0.2, 0.25) is 5.02 Å². The fourth-order valence-corrected chi connectivity index (χ4v) is 4.98. The quantitative estimate of drug-likeness (QED) is 0.345. The van der Waals surface area contributed by atoms with Crippen molar-refractivity contribution < 1.29 is 4.79 Å². The molecule has 1 aliphatic heterocycles. The summed E-state index contributed by atoms with van der Waals surface area (Å²) in [6, 6.07) is 17.0. The predicted octanol–water partition coefficient (Wildman–Crippen LogP) is 4.96. The summed E-state index contributed by atoms with van der Waals surface area (Å²) in [7, 11) is 6.13. The van der Waals surface area contributed by atoms with Crippen LogP contribution in [0, 0.1) is 5.92 Å². The van der Waals surface area contributed by atoms with E-state index in [9.17, 15) is 4.79 Å². The number of aromatic nitrogens is 3. The summed E-state index contributed by atoms with van der Waals surface area (Å²) in [5, 5.41) is 11.5. The molecule has 176 valence electrons. The second kappa shape index (κ2) is 10.3. The van der Waals surface area contributed by atoms with Crippen molar-refractivity contribution in [2.45, 2.75) is 12.8 Å². The van der Waals surface area contributed by atoms with Gasteiger partial charge in [-0.1, -0.05) is 51.8 Å². The number of fused-ring (bicyclic) bond motifs is 1. The second-order valence-corrected chi connectivity index (χ2v) is 9.94. The number of benzene rings is 2. The van der Waals surface area contributed by atoms with Crippen LogP contribution in [0.3, 0.4) is 0 Å². The predicted molar refractivity (Wildman–Crippen MR) is 145 cm³/mol. The van der Waals surface area contributed by atoms with Gasteiger partial charge < -0.3 is 15.5 Å². The van der Waals surface area contributed by atoms with E-state index in [4.69, 9.17) is 19.4 Å². The van der Waals surface area contributed by atoms with Crippen LogP contribution in [0.15, 0.2) is 65.3 Å². The van der Waals surface area contributed by atoms with Gasteiger partial charge in [0.25, 0.3) is 0 Å². The molecule has 2 amide bonds. The molecule has 2 aromatic carbocycles. The van der Waals surface area contributed by atoms with Gasteiger partial charge in [0.2, 0.25) is 0 Å². The first-order valence-electron chi connectivity index (χ1n) is 11.4. The molecule has 7 nitrogen and oxygen atoms in total. The highest BCUT2D eigenvalue weighted by Gasteiger charge is 2.24. The van der Waals surface area contributed by atoms with Crippen molar-refractivity contribution in [1.82, 2.24) is 19.5 Å². The number of urea groups is 1. The number of hydrogen-bond acceptors (Lipinski definition) is 4. The molecule has 0 saturated carbocycles. The summed E-state index contributed by atoms with van der Waals surface area (Å²) in [6.45, 7) is 2.09. The summed E-state index contributed by atoms with van der Waals surface area (Å²) < 4.78 is 2.63. The van der Waals surface area contributed by atoms with Gasteiger partial charge >= 0.3 is 6.03 Å². The van der Waals surface area contributed by atoms with Crippen LogP contribution in [0.4, 0.5) is 16.3 Å². The lowest BCUT2D eigenvalue weighted by Crippen LogP contribution is -2.44. The third-order valence-electron chi connectivity index (χ3n) is 6.10. The Morgan fingerprint density at radius 3 is 2.89 bits per heavy atom. The van der Waals surface area contributed by atoms with Gasteiger partial charge in [-0.05, 0) is 48.5 Å². The van der Waals surface area contributed by atoms with Crippen LogP contribution < -0.4 is 16.1 Å². The number of amides is 2. The Kier molecular flexibility index (Phi) is 6.97. The van der Waals surface area contributed by atoms with Gasteiger partial charge in [0.15, 0.2) is 5.65 Å². The Balaban J connectivity index is 1.31. The number of rotatable bonds is 5. The average molecular weight is 550 g/mol. The standard InChI is InChI=1S/C25H23BBrClN6O/c26-20-14-30-34-23(12-22(32-24(20)34)19-8-1-2-9-21(19)28)29-13-16-5-4-10-33(15-16)25(35)31-18-7-3-6-17(27)11-18/h1-3,6-9,11-12,14,16,29H,4-5,10,13,15H2,(H,31,35). The second-order valence-electron chi connectivity index (χ2n) is 8.62. The Morgan fingerprint density at radius 1 is 1.20 bits per heavy atom. The SMILES string of the molecule is [B]c1cnn2c(NCC3CCCN(C(=O)Nc4cccc(Br)c4)C3)cc(-c3ccccc3Cl)nc12. The lowest BCUT2D eigenvalue weighted by atomic mass is 9.98. The van der Waals surface area contributed by atoms with Crippen LogP contribution >= 0.6 is 27.5 Å². The molecule has 1 fully saturated rings. The van der Waals surface area contributed by atoms with E-state index in [-0.39, 0.29) is 11.9 Å². The van der Waals surface area contributed by atoms with E-state index in [2.05, 4.69) is 36.6 Å². The molecule has 0 bridgehead atoms. The van der Waals surface area contributed by atoms with E-state index < -0.39 is 0 Å². The molecule has 10 heteroatoms. The molecule has 0 aliphatic carbocycles. The van der Waals surface area contributed by atoms with Crippen molar-refractivity contribution in [3.8, 4) is 11.3 Å². The van der Waals surface area contributed by atoms with Crippen LogP contribution in [0.5, 0.6) is 0 Å². The van der Waals surface area contributed by atoms with Crippen LogP contribution in [-0.2, 0) is 0 Å². The molecule has 1 aliphatic rings. The molecular formula is C25H23BBrClN6O. The van der Waals surface area contributed by atoms with Crippen molar-refractivity contribution in [2.75, 3.05) is 30.3 Å². The maximum absolute atomic E-state index is 12.8. The number of anilines is 2. The van der Waals surface area contributed by atoms with Gasteiger partial charge in [-0.3, -0.25) is 0 Å². The van der Waals surface area contributed by atoms with Gasteiger partial charge in [-0.2, -0.15) is 9.61 Å². The first-order valence-corrected chi connectivity index (χ1v) is 12.6. The number of likely N-dealkylation sites (tertiary alicyclic amines) is 1. The molecule has 1 unspecified atom stereocenters. The van der Waals surface area contributed by atoms with Gasteiger partial charge in [0.05, 0.1) is 5.69 Å².